The smallest absolute Gasteiger partial charge is 0.335 e. The fourth-order valence-corrected chi connectivity index (χ4v) is 3.14. The lowest BCUT2D eigenvalue weighted by molar-refractivity contribution is 0.0697. The first-order chi connectivity index (χ1) is 10.5. The van der Waals surface area contributed by atoms with E-state index in [1.54, 1.807) is 18.3 Å². The second kappa shape index (κ2) is 6.04. The van der Waals surface area contributed by atoms with Crippen LogP contribution in [0, 0.1) is 5.92 Å². The van der Waals surface area contributed by atoms with Gasteiger partial charge in [-0.05, 0) is 57.8 Å². The number of aromatic nitrogens is 3. The zero-order valence-corrected chi connectivity index (χ0v) is 13.1. The minimum Gasteiger partial charge on any atom is -0.478 e. The first-order valence-corrected chi connectivity index (χ1v) is 7.85. The number of hydrogen-bond donors (Lipinski definition) is 1. The number of nitrogens with zero attached hydrogens (tertiary/aromatic N) is 4. The van der Waals surface area contributed by atoms with E-state index in [0.29, 0.717) is 17.6 Å². The van der Waals surface area contributed by atoms with E-state index >= 15 is 0 Å². The highest BCUT2D eigenvalue weighted by molar-refractivity contribution is 5.88. The predicted molar refractivity (Wildman–Crippen MR) is 83.1 cm³/mol. The van der Waals surface area contributed by atoms with E-state index in [1.165, 1.54) is 12.8 Å². The zero-order chi connectivity index (χ0) is 15.7. The molecule has 0 atom stereocenters. The molecule has 1 aliphatic rings. The highest BCUT2D eigenvalue weighted by Crippen LogP contribution is 2.22. The van der Waals surface area contributed by atoms with Gasteiger partial charge >= 0.3 is 5.97 Å². The fourth-order valence-electron chi connectivity index (χ4n) is 3.14. The Morgan fingerprint density at radius 3 is 2.73 bits per heavy atom. The summed E-state index contributed by atoms with van der Waals surface area (Å²) < 4.78 is 1.90. The van der Waals surface area contributed by atoms with Crippen LogP contribution in [0.25, 0.3) is 5.65 Å². The van der Waals surface area contributed by atoms with Crippen LogP contribution in [0.1, 0.15) is 42.9 Å². The lowest BCUT2D eigenvalue weighted by Gasteiger charge is -2.34. The SMILES string of the molecule is CC(C)N1CCC(Cc2nnc3cc(C(=O)O)ccn23)CC1. The van der Waals surface area contributed by atoms with Crippen LogP contribution in [0.4, 0.5) is 0 Å². The van der Waals surface area contributed by atoms with Crippen molar-refractivity contribution in [1.29, 1.82) is 0 Å². The lowest BCUT2D eigenvalue weighted by Crippen LogP contribution is -2.39. The Kier molecular flexibility index (Phi) is 4.11. The van der Waals surface area contributed by atoms with Gasteiger partial charge in [0.1, 0.15) is 5.82 Å². The number of aromatic carboxylic acids is 1. The Labute approximate surface area is 129 Å². The summed E-state index contributed by atoms with van der Waals surface area (Å²) in [5.74, 6) is 0.615. The van der Waals surface area contributed by atoms with Gasteiger partial charge in [-0.25, -0.2) is 4.79 Å². The summed E-state index contributed by atoms with van der Waals surface area (Å²) in [7, 11) is 0. The van der Waals surface area contributed by atoms with Gasteiger partial charge in [-0.2, -0.15) is 0 Å². The fraction of sp³-hybridized carbons (Fsp3) is 0.562. The summed E-state index contributed by atoms with van der Waals surface area (Å²) >= 11 is 0. The molecule has 0 saturated carbocycles. The molecule has 1 saturated heterocycles. The number of carboxylic acid groups (broad SMARTS) is 1. The summed E-state index contributed by atoms with van der Waals surface area (Å²) in [6, 6.07) is 3.79. The molecule has 0 radical (unpaired) electrons. The lowest BCUT2D eigenvalue weighted by atomic mass is 9.92. The molecule has 0 aliphatic carbocycles. The van der Waals surface area contributed by atoms with Gasteiger partial charge in [0.05, 0.1) is 5.56 Å². The molecule has 2 aromatic heterocycles. The van der Waals surface area contributed by atoms with Crippen LogP contribution < -0.4 is 0 Å². The molecule has 2 aromatic rings. The number of piperidine rings is 1. The normalized spacial score (nSPS) is 17.4. The molecule has 1 aliphatic heterocycles. The molecule has 6 heteroatoms. The maximum atomic E-state index is 11.0. The zero-order valence-electron chi connectivity index (χ0n) is 13.1. The number of likely N-dealkylation sites (tertiary alicyclic amines) is 1. The van der Waals surface area contributed by atoms with Crippen LogP contribution >= 0.6 is 0 Å². The third-order valence-corrected chi connectivity index (χ3v) is 4.58. The van der Waals surface area contributed by atoms with Gasteiger partial charge in [0.2, 0.25) is 0 Å². The van der Waals surface area contributed by atoms with Gasteiger partial charge in [0.25, 0.3) is 0 Å². The van der Waals surface area contributed by atoms with Crippen LogP contribution in [0.2, 0.25) is 0 Å². The predicted octanol–water partition coefficient (Wildman–Crippen LogP) is 2.09. The van der Waals surface area contributed by atoms with E-state index in [2.05, 4.69) is 28.9 Å². The maximum absolute atomic E-state index is 11.0. The highest BCUT2D eigenvalue weighted by atomic mass is 16.4. The molecule has 1 N–H and O–H groups in total. The van der Waals surface area contributed by atoms with Crippen molar-refractivity contribution in [2.24, 2.45) is 5.92 Å². The number of rotatable bonds is 4. The quantitative estimate of drug-likeness (QED) is 0.936. The Bertz CT molecular complexity index is 672. The molecule has 118 valence electrons. The molecule has 1 fully saturated rings. The van der Waals surface area contributed by atoms with E-state index < -0.39 is 5.97 Å². The van der Waals surface area contributed by atoms with Crippen molar-refractivity contribution in [3.63, 3.8) is 0 Å². The van der Waals surface area contributed by atoms with Crippen LogP contribution in [0.15, 0.2) is 18.3 Å². The summed E-state index contributed by atoms with van der Waals surface area (Å²) in [6.07, 6.45) is 5.03. The molecule has 0 amide bonds. The minimum absolute atomic E-state index is 0.247. The maximum Gasteiger partial charge on any atom is 0.335 e. The number of fused-ring (bicyclic) bond motifs is 1. The summed E-state index contributed by atoms with van der Waals surface area (Å²) in [5.41, 5.74) is 0.853. The van der Waals surface area contributed by atoms with Crippen molar-refractivity contribution < 1.29 is 9.90 Å². The van der Waals surface area contributed by atoms with Gasteiger partial charge < -0.3 is 10.0 Å². The van der Waals surface area contributed by atoms with E-state index in [4.69, 9.17) is 5.11 Å². The average Bonchev–Trinajstić information content (AvgIpc) is 2.90. The van der Waals surface area contributed by atoms with Crippen molar-refractivity contribution in [1.82, 2.24) is 19.5 Å². The molecular weight excluding hydrogens is 280 g/mol. The number of carbonyl (C=O) groups is 1. The summed E-state index contributed by atoms with van der Waals surface area (Å²) in [4.78, 5) is 13.5. The standard InChI is InChI=1S/C16H22N4O2/c1-11(2)19-6-3-12(4-7-19)9-14-17-18-15-10-13(16(21)22)5-8-20(14)15/h5,8,10-12H,3-4,6-7,9H2,1-2H3,(H,21,22). The van der Waals surface area contributed by atoms with Gasteiger partial charge in [0.15, 0.2) is 5.65 Å². The number of pyridine rings is 1. The monoisotopic (exact) mass is 302 g/mol. The van der Waals surface area contributed by atoms with E-state index in [0.717, 1.165) is 25.3 Å². The molecule has 6 nitrogen and oxygen atoms in total. The summed E-state index contributed by atoms with van der Waals surface area (Å²) in [5, 5.41) is 17.4. The average molecular weight is 302 g/mol. The van der Waals surface area contributed by atoms with Crippen LogP contribution in [-0.4, -0.2) is 49.7 Å². The summed E-state index contributed by atoms with van der Waals surface area (Å²) in [6.45, 7) is 6.77. The van der Waals surface area contributed by atoms with E-state index in [1.807, 2.05) is 4.40 Å². The van der Waals surface area contributed by atoms with Crippen molar-refractivity contribution >= 4 is 11.6 Å². The van der Waals surface area contributed by atoms with Crippen molar-refractivity contribution in [3.8, 4) is 0 Å². The van der Waals surface area contributed by atoms with E-state index in [9.17, 15) is 4.79 Å². The molecule has 3 rings (SSSR count). The molecule has 0 bridgehead atoms. The largest absolute Gasteiger partial charge is 0.478 e. The molecule has 0 spiro atoms. The van der Waals surface area contributed by atoms with Gasteiger partial charge in [-0.3, -0.25) is 4.40 Å². The molecule has 0 unspecified atom stereocenters. The van der Waals surface area contributed by atoms with Crippen molar-refractivity contribution in [3.05, 3.63) is 29.7 Å². The second-order valence-electron chi connectivity index (χ2n) is 6.34. The van der Waals surface area contributed by atoms with E-state index in [-0.39, 0.29) is 5.56 Å². The Balaban J connectivity index is 1.71. The Hall–Kier alpha value is -1.95. The highest BCUT2D eigenvalue weighted by Gasteiger charge is 2.22. The van der Waals surface area contributed by atoms with Crippen LogP contribution in [0.5, 0.6) is 0 Å². The first kappa shape index (κ1) is 15.0. The minimum atomic E-state index is -0.937. The Morgan fingerprint density at radius 1 is 1.36 bits per heavy atom. The molecular formula is C16H22N4O2. The first-order valence-electron chi connectivity index (χ1n) is 7.85. The number of carboxylic acids is 1. The molecule has 0 aromatic carbocycles. The Morgan fingerprint density at radius 2 is 2.09 bits per heavy atom. The van der Waals surface area contributed by atoms with Crippen molar-refractivity contribution in [2.75, 3.05) is 13.1 Å². The van der Waals surface area contributed by atoms with Gasteiger partial charge in [-0.1, -0.05) is 0 Å². The van der Waals surface area contributed by atoms with Crippen LogP contribution in [-0.2, 0) is 6.42 Å². The van der Waals surface area contributed by atoms with Gasteiger partial charge in [-0.15, -0.1) is 10.2 Å². The van der Waals surface area contributed by atoms with Gasteiger partial charge in [0, 0.05) is 18.7 Å². The third kappa shape index (κ3) is 2.97. The molecule has 3 heterocycles. The van der Waals surface area contributed by atoms with Crippen molar-refractivity contribution in [2.45, 2.75) is 39.2 Å². The number of hydrogen-bond acceptors (Lipinski definition) is 4. The van der Waals surface area contributed by atoms with Crippen LogP contribution in [0.3, 0.4) is 0 Å². The second-order valence-corrected chi connectivity index (χ2v) is 6.34. The molecule has 22 heavy (non-hydrogen) atoms. The topological polar surface area (TPSA) is 70.7 Å². The third-order valence-electron chi connectivity index (χ3n) is 4.58.